The monoisotopic (exact) mass is 422 g/mol. The molecule has 2 N–H and O–H groups in total. The molecule has 9 heteroatoms. The number of hydrogen-bond donors (Lipinski definition) is 2. The molecule has 1 aliphatic heterocycles. The Kier molecular flexibility index (Phi) is 7.36. The molecule has 0 aliphatic carbocycles. The zero-order chi connectivity index (χ0) is 19.9. The van der Waals surface area contributed by atoms with E-state index in [2.05, 4.69) is 15.5 Å². The van der Waals surface area contributed by atoms with E-state index in [0.29, 0.717) is 5.13 Å². The first kappa shape index (κ1) is 20.7. The van der Waals surface area contributed by atoms with Gasteiger partial charge in [0.25, 0.3) is 0 Å². The summed E-state index contributed by atoms with van der Waals surface area (Å²) in [6.07, 6.45) is 1.17. The van der Waals surface area contributed by atoms with Gasteiger partial charge in [0.05, 0.1) is 26.2 Å². The van der Waals surface area contributed by atoms with Gasteiger partial charge < -0.3 is 15.1 Å². The van der Waals surface area contributed by atoms with Gasteiger partial charge in [0.15, 0.2) is 0 Å². The smallest absolute Gasteiger partial charge is 0.226 e. The zero-order valence-electron chi connectivity index (χ0n) is 15.9. The second-order valence-corrected chi connectivity index (χ2v) is 8.34. The van der Waals surface area contributed by atoms with Gasteiger partial charge in [0.1, 0.15) is 11.6 Å². The molecule has 2 amide bonds. The van der Waals surface area contributed by atoms with Gasteiger partial charge in [-0.15, -0.1) is 10.2 Å². The van der Waals surface area contributed by atoms with Crippen molar-refractivity contribution in [3.8, 4) is 0 Å². The third-order valence-electron chi connectivity index (χ3n) is 4.77. The summed E-state index contributed by atoms with van der Waals surface area (Å²) in [5, 5.41) is 12.7. The third-order valence-corrected chi connectivity index (χ3v) is 6.01. The van der Waals surface area contributed by atoms with E-state index in [9.17, 15) is 9.59 Å². The van der Waals surface area contributed by atoms with Gasteiger partial charge >= 0.3 is 0 Å². The van der Waals surface area contributed by atoms with Crippen LogP contribution in [0.15, 0.2) is 24.3 Å². The first-order valence-corrected chi connectivity index (χ1v) is 10.7. The molecule has 0 unspecified atom stereocenters. The molecule has 1 saturated heterocycles. The minimum atomic E-state index is -0.195. The molecule has 150 valence electrons. The molecule has 0 atom stereocenters. The van der Waals surface area contributed by atoms with E-state index in [4.69, 9.17) is 11.6 Å². The number of carbonyl (C=O) groups excluding carboxylic acids is 2. The maximum Gasteiger partial charge on any atom is 0.226 e. The zero-order valence-corrected chi connectivity index (χ0v) is 17.5. The van der Waals surface area contributed by atoms with Crippen molar-refractivity contribution in [2.75, 3.05) is 31.5 Å². The number of anilines is 1. The van der Waals surface area contributed by atoms with Crippen LogP contribution in [0.1, 0.15) is 30.3 Å². The van der Waals surface area contributed by atoms with E-state index < -0.39 is 0 Å². The van der Waals surface area contributed by atoms with Crippen LogP contribution in [0.3, 0.4) is 0 Å². The molecular weight excluding hydrogens is 398 g/mol. The third kappa shape index (κ3) is 5.98. The summed E-state index contributed by atoms with van der Waals surface area (Å²) in [6, 6.07) is 7.91. The molecule has 1 aliphatic rings. The lowest BCUT2D eigenvalue weighted by Gasteiger charge is -2.32. The lowest BCUT2D eigenvalue weighted by molar-refractivity contribution is -0.917. The van der Waals surface area contributed by atoms with Crippen LogP contribution in [0.2, 0.25) is 5.02 Å². The van der Waals surface area contributed by atoms with E-state index in [1.165, 1.54) is 21.8 Å². The molecule has 0 saturated carbocycles. The summed E-state index contributed by atoms with van der Waals surface area (Å²) in [5.74, 6) is -0.161. The Morgan fingerprint density at radius 1 is 1.18 bits per heavy atom. The van der Waals surface area contributed by atoms with Crippen molar-refractivity contribution >= 4 is 39.9 Å². The molecule has 0 radical (unpaired) electrons. The largest absolute Gasteiger partial charge is 0.331 e. The fraction of sp³-hybridized carbons (Fsp3) is 0.474. The van der Waals surface area contributed by atoms with Crippen molar-refractivity contribution in [1.29, 1.82) is 0 Å². The molecule has 1 fully saturated rings. The predicted molar refractivity (Wildman–Crippen MR) is 110 cm³/mol. The average molecular weight is 423 g/mol. The molecular formula is C19H25ClN5O2S+. The minimum Gasteiger partial charge on any atom is -0.331 e. The Balaban J connectivity index is 1.37. The first-order valence-electron chi connectivity index (χ1n) is 9.51. The topological polar surface area (TPSA) is 79.6 Å². The molecule has 2 aromatic rings. The van der Waals surface area contributed by atoms with Crippen LogP contribution in [0.25, 0.3) is 0 Å². The fourth-order valence-electron chi connectivity index (χ4n) is 3.15. The lowest BCUT2D eigenvalue weighted by Crippen LogP contribution is -3.13. The molecule has 0 bridgehead atoms. The maximum atomic E-state index is 12.4. The molecule has 7 nitrogen and oxygen atoms in total. The second kappa shape index (κ2) is 9.95. The maximum absolute atomic E-state index is 12.4. The number of benzene rings is 1. The number of carbonyl (C=O) groups is 2. The van der Waals surface area contributed by atoms with Gasteiger partial charge in [0.2, 0.25) is 16.9 Å². The van der Waals surface area contributed by atoms with E-state index in [0.717, 1.165) is 49.2 Å². The summed E-state index contributed by atoms with van der Waals surface area (Å²) in [6.45, 7) is 6.18. The number of nitrogens with zero attached hydrogens (tertiary/aromatic N) is 3. The molecule has 2 heterocycles. The summed E-state index contributed by atoms with van der Waals surface area (Å²) in [5.41, 5.74) is 1.25. The highest BCUT2D eigenvalue weighted by molar-refractivity contribution is 7.15. The van der Waals surface area contributed by atoms with Crippen LogP contribution in [-0.2, 0) is 22.6 Å². The standard InChI is InChI=1S/C19H24ClN5O2S/c1-2-17-22-23-19(28-17)21-16(26)7-8-18(27)25-11-9-24(10-12-25)13-14-3-5-15(20)6-4-14/h3-6H,2,7-13H2,1H3,(H,21,23,26)/p+1. The van der Waals surface area contributed by atoms with E-state index in [-0.39, 0.29) is 24.7 Å². The van der Waals surface area contributed by atoms with Crippen molar-refractivity contribution in [3.63, 3.8) is 0 Å². The lowest BCUT2D eigenvalue weighted by atomic mass is 10.2. The van der Waals surface area contributed by atoms with Crippen LogP contribution >= 0.6 is 22.9 Å². The van der Waals surface area contributed by atoms with Crippen LogP contribution in [0.5, 0.6) is 0 Å². The van der Waals surface area contributed by atoms with Gasteiger partial charge in [-0.25, -0.2) is 0 Å². The van der Waals surface area contributed by atoms with Gasteiger partial charge in [-0.3, -0.25) is 9.59 Å². The van der Waals surface area contributed by atoms with E-state index in [1.54, 1.807) is 0 Å². The minimum absolute atomic E-state index is 0.0344. The summed E-state index contributed by atoms with van der Waals surface area (Å²) in [4.78, 5) is 27.7. The van der Waals surface area contributed by atoms with Gasteiger partial charge in [0, 0.05) is 23.4 Å². The van der Waals surface area contributed by atoms with Crippen molar-refractivity contribution < 1.29 is 14.5 Å². The SMILES string of the molecule is CCc1nnc(NC(=O)CCC(=O)N2CC[NH+](Cc3ccc(Cl)cc3)CC2)s1. The van der Waals surface area contributed by atoms with Crippen molar-refractivity contribution in [2.24, 2.45) is 0 Å². The molecule has 3 rings (SSSR count). The number of amides is 2. The quantitative estimate of drug-likeness (QED) is 0.706. The highest BCUT2D eigenvalue weighted by Crippen LogP contribution is 2.15. The number of quaternary nitrogens is 1. The number of nitrogens with one attached hydrogen (secondary N) is 2. The van der Waals surface area contributed by atoms with Crippen LogP contribution in [0.4, 0.5) is 5.13 Å². The average Bonchev–Trinajstić information content (AvgIpc) is 3.16. The highest BCUT2D eigenvalue weighted by atomic mass is 35.5. The Morgan fingerprint density at radius 3 is 2.54 bits per heavy atom. The predicted octanol–water partition coefficient (Wildman–Crippen LogP) is 1.40. The molecule has 28 heavy (non-hydrogen) atoms. The summed E-state index contributed by atoms with van der Waals surface area (Å²) < 4.78 is 0. The molecule has 0 spiro atoms. The van der Waals surface area contributed by atoms with Crippen LogP contribution < -0.4 is 10.2 Å². The summed E-state index contributed by atoms with van der Waals surface area (Å²) >= 11 is 7.29. The molecule has 1 aromatic carbocycles. The number of halogens is 1. The highest BCUT2D eigenvalue weighted by Gasteiger charge is 2.24. The Labute approximate surface area is 173 Å². The molecule has 1 aromatic heterocycles. The van der Waals surface area contributed by atoms with Crippen LogP contribution in [-0.4, -0.2) is 53.1 Å². The van der Waals surface area contributed by atoms with Gasteiger partial charge in [-0.05, 0) is 18.6 Å². The Bertz CT molecular complexity index is 803. The second-order valence-electron chi connectivity index (χ2n) is 6.84. The summed E-state index contributed by atoms with van der Waals surface area (Å²) in [7, 11) is 0. The van der Waals surface area contributed by atoms with Crippen molar-refractivity contribution in [3.05, 3.63) is 39.9 Å². The normalized spacial score (nSPS) is 14.9. The van der Waals surface area contributed by atoms with Crippen molar-refractivity contribution in [1.82, 2.24) is 15.1 Å². The van der Waals surface area contributed by atoms with Gasteiger partial charge in [-0.2, -0.15) is 0 Å². The Hall–Kier alpha value is -2.03. The van der Waals surface area contributed by atoms with E-state index >= 15 is 0 Å². The fourth-order valence-corrected chi connectivity index (χ4v) is 3.97. The number of piperazine rings is 1. The number of hydrogen-bond acceptors (Lipinski definition) is 5. The Morgan fingerprint density at radius 2 is 1.89 bits per heavy atom. The van der Waals surface area contributed by atoms with E-state index in [1.807, 2.05) is 36.1 Å². The van der Waals surface area contributed by atoms with Crippen LogP contribution in [0, 0.1) is 0 Å². The number of aromatic nitrogens is 2. The first-order chi connectivity index (χ1) is 13.5. The van der Waals surface area contributed by atoms with Crippen molar-refractivity contribution in [2.45, 2.75) is 32.7 Å². The van der Waals surface area contributed by atoms with Gasteiger partial charge in [-0.1, -0.05) is 42.0 Å². The number of aryl methyl sites for hydroxylation is 1. The number of rotatable bonds is 7.